The number of hydrogen-bond acceptors (Lipinski definition) is 4. The monoisotopic (exact) mass is 255 g/mol. The maximum absolute atomic E-state index is 6.13. The van der Waals surface area contributed by atoms with Gasteiger partial charge in [0.2, 0.25) is 5.88 Å². The lowest BCUT2D eigenvalue weighted by molar-refractivity contribution is 0.384. The number of methoxy groups -OCH3 is 1. The number of anilines is 1. The van der Waals surface area contributed by atoms with Gasteiger partial charge >= 0.3 is 0 Å². The zero-order chi connectivity index (χ0) is 12.4. The van der Waals surface area contributed by atoms with Gasteiger partial charge < -0.3 is 15.0 Å². The minimum absolute atomic E-state index is 0.518. The number of ether oxygens (including phenoxy) is 1. The number of aromatic nitrogens is 1. The van der Waals surface area contributed by atoms with Gasteiger partial charge in [0.05, 0.1) is 24.0 Å². The number of nitrogens with zero attached hydrogens (tertiary/aromatic N) is 2. The molecule has 0 amide bonds. The maximum Gasteiger partial charge on any atom is 0.215 e. The van der Waals surface area contributed by atoms with E-state index in [1.54, 1.807) is 13.3 Å². The lowest BCUT2D eigenvalue weighted by Crippen LogP contribution is -2.59. The predicted octanol–water partition coefficient (Wildman–Crippen LogP) is 1.93. The normalized spacial score (nSPS) is 16.2. The second-order valence-electron chi connectivity index (χ2n) is 4.60. The first-order valence-corrected chi connectivity index (χ1v) is 6.18. The third kappa shape index (κ3) is 2.82. The fourth-order valence-corrected chi connectivity index (χ4v) is 2.24. The molecule has 2 heterocycles. The molecule has 1 N–H and O–H groups in total. The molecular formula is C12H18ClN3O. The Morgan fingerprint density at radius 1 is 1.53 bits per heavy atom. The Morgan fingerprint density at radius 3 is 2.82 bits per heavy atom. The van der Waals surface area contributed by atoms with Crippen LogP contribution in [0.25, 0.3) is 0 Å². The van der Waals surface area contributed by atoms with Crippen molar-refractivity contribution < 1.29 is 4.74 Å². The Balaban J connectivity index is 2.00. The lowest BCUT2D eigenvalue weighted by atomic mass is 10.1. The summed E-state index contributed by atoms with van der Waals surface area (Å²) in [4.78, 5) is 6.30. The van der Waals surface area contributed by atoms with Gasteiger partial charge in [-0.25, -0.2) is 4.98 Å². The molecule has 1 fully saturated rings. The molecule has 1 aromatic heterocycles. The van der Waals surface area contributed by atoms with E-state index in [4.69, 9.17) is 16.3 Å². The Hall–Kier alpha value is -1.00. The summed E-state index contributed by atoms with van der Waals surface area (Å²) in [6.07, 6.45) is 1.64. The third-order valence-corrected chi connectivity index (χ3v) is 3.10. The van der Waals surface area contributed by atoms with Crippen molar-refractivity contribution in [2.24, 2.45) is 0 Å². The van der Waals surface area contributed by atoms with Gasteiger partial charge in [-0.1, -0.05) is 25.4 Å². The van der Waals surface area contributed by atoms with E-state index in [9.17, 15) is 0 Å². The van der Waals surface area contributed by atoms with E-state index >= 15 is 0 Å². The average molecular weight is 256 g/mol. The number of rotatable bonds is 4. The molecule has 0 aromatic carbocycles. The van der Waals surface area contributed by atoms with Gasteiger partial charge in [-0.3, -0.25) is 0 Å². The lowest BCUT2D eigenvalue weighted by Gasteiger charge is -2.42. The number of hydrogen-bond donors (Lipinski definition) is 1. The molecule has 0 aliphatic carbocycles. The molecule has 17 heavy (non-hydrogen) atoms. The largest absolute Gasteiger partial charge is 0.481 e. The minimum Gasteiger partial charge on any atom is -0.481 e. The predicted molar refractivity (Wildman–Crippen MR) is 70.1 cm³/mol. The summed E-state index contributed by atoms with van der Waals surface area (Å²) in [5.74, 6) is 0.602. The fourth-order valence-electron chi connectivity index (χ4n) is 2.02. The van der Waals surface area contributed by atoms with Crippen LogP contribution in [0.5, 0.6) is 5.88 Å². The molecule has 0 unspecified atom stereocenters. The molecular weight excluding hydrogens is 238 g/mol. The smallest absolute Gasteiger partial charge is 0.215 e. The third-order valence-electron chi connectivity index (χ3n) is 2.81. The summed E-state index contributed by atoms with van der Waals surface area (Å²) < 4.78 is 5.11. The molecule has 2 rings (SSSR count). The van der Waals surface area contributed by atoms with Crippen LogP contribution in [0.1, 0.15) is 13.8 Å². The molecule has 1 aliphatic rings. The Bertz CT molecular complexity index is 391. The molecule has 94 valence electrons. The van der Waals surface area contributed by atoms with Crippen molar-refractivity contribution in [1.29, 1.82) is 0 Å². The van der Waals surface area contributed by atoms with Crippen LogP contribution in [0.4, 0.5) is 5.69 Å². The van der Waals surface area contributed by atoms with E-state index in [0.29, 0.717) is 23.0 Å². The molecule has 1 aliphatic heterocycles. The van der Waals surface area contributed by atoms with Crippen molar-refractivity contribution in [3.8, 4) is 5.88 Å². The van der Waals surface area contributed by atoms with Crippen LogP contribution in [0.15, 0.2) is 12.3 Å². The van der Waals surface area contributed by atoms with E-state index in [1.807, 2.05) is 6.07 Å². The van der Waals surface area contributed by atoms with Gasteiger partial charge in [-0.15, -0.1) is 0 Å². The first kappa shape index (κ1) is 12.5. The van der Waals surface area contributed by atoms with Gasteiger partial charge in [-0.2, -0.15) is 0 Å². The molecule has 0 saturated carbocycles. The van der Waals surface area contributed by atoms with Crippen molar-refractivity contribution in [3.63, 3.8) is 0 Å². The Labute approximate surface area is 107 Å². The van der Waals surface area contributed by atoms with E-state index in [-0.39, 0.29) is 0 Å². The van der Waals surface area contributed by atoms with Gasteiger partial charge in [-0.05, 0) is 0 Å². The molecule has 0 radical (unpaired) electrons. The van der Waals surface area contributed by atoms with Gasteiger partial charge in [0, 0.05) is 31.2 Å². The highest BCUT2D eigenvalue weighted by Crippen LogP contribution is 2.31. The Kier molecular flexibility index (Phi) is 3.74. The van der Waals surface area contributed by atoms with Gasteiger partial charge in [0.15, 0.2) is 0 Å². The highest BCUT2D eigenvalue weighted by Gasteiger charge is 2.28. The number of nitrogens with one attached hydrogen (secondary N) is 1. The summed E-state index contributed by atoms with van der Waals surface area (Å²) in [5.41, 5.74) is 1.00. The summed E-state index contributed by atoms with van der Waals surface area (Å²) in [6.45, 7) is 6.27. The van der Waals surface area contributed by atoms with Gasteiger partial charge in [0.25, 0.3) is 0 Å². The highest BCUT2D eigenvalue weighted by molar-refractivity contribution is 6.33. The van der Waals surface area contributed by atoms with E-state index in [2.05, 4.69) is 29.0 Å². The van der Waals surface area contributed by atoms with E-state index in [1.165, 1.54) is 0 Å². The molecule has 0 spiro atoms. The molecule has 1 saturated heterocycles. The van der Waals surface area contributed by atoms with Crippen LogP contribution in [-0.2, 0) is 0 Å². The van der Waals surface area contributed by atoms with Crippen molar-refractivity contribution in [1.82, 2.24) is 10.3 Å². The van der Waals surface area contributed by atoms with Crippen LogP contribution in [-0.4, -0.2) is 37.3 Å². The fraction of sp³-hybridized carbons (Fsp3) is 0.583. The zero-order valence-corrected chi connectivity index (χ0v) is 11.2. The molecule has 0 bridgehead atoms. The quantitative estimate of drug-likeness (QED) is 0.892. The average Bonchev–Trinajstić information content (AvgIpc) is 2.24. The molecule has 0 atom stereocenters. The summed E-state index contributed by atoms with van der Waals surface area (Å²) >= 11 is 6.13. The number of pyridine rings is 1. The van der Waals surface area contributed by atoms with Crippen LogP contribution >= 0.6 is 11.6 Å². The van der Waals surface area contributed by atoms with Crippen LogP contribution < -0.4 is 15.0 Å². The number of halogens is 1. The van der Waals surface area contributed by atoms with Crippen LogP contribution in [0, 0.1) is 0 Å². The zero-order valence-electron chi connectivity index (χ0n) is 10.4. The van der Waals surface area contributed by atoms with Crippen LogP contribution in [0.3, 0.4) is 0 Å². The summed E-state index contributed by atoms with van der Waals surface area (Å²) in [6, 6.07) is 2.95. The minimum atomic E-state index is 0.518. The summed E-state index contributed by atoms with van der Waals surface area (Å²) in [5, 5.41) is 4.17. The van der Waals surface area contributed by atoms with Crippen molar-refractivity contribution in [3.05, 3.63) is 17.3 Å². The summed E-state index contributed by atoms with van der Waals surface area (Å²) in [7, 11) is 1.61. The van der Waals surface area contributed by atoms with E-state index < -0.39 is 0 Å². The topological polar surface area (TPSA) is 37.4 Å². The molecule has 4 nitrogen and oxygen atoms in total. The first-order chi connectivity index (χ1) is 8.10. The molecule has 1 aromatic rings. The Morgan fingerprint density at radius 2 is 2.24 bits per heavy atom. The van der Waals surface area contributed by atoms with Crippen molar-refractivity contribution >= 4 is 17.3 Å². The molecule has 5 heteroatoms. The second kappa shape index (κ2) is 5.10. The first-order valence-electron chi connectivity index (χ1n) is 5.80. The van der Waals surface area contributed by atoms with E-state index in [0.717, 1.165) is 18.8 Å². The second-order valence-corrected chi connectivity index (χ2v) is 5.01. The standard InChI is InChI=1S/C12H18ClN3O/c1-8(2)15-9-6-16(7-9)11-4-12(17-3)14-5-10(11)13/h4-5,8-9,15H,6-7H2,1-3H3. The van der Waals surface area contributed by atoms with Gasteiger partial charge in [0.1, 0.15) is 0 Å². The van der Waals surface area contributed by atoms with Crippen molar-refractivity contribution in [2.45, 2.75) is 25.9 Å². The van der Waals surface area contributed by atoms with Crippen molar-refractivity contribution in [2.75, 3.05) is 25.1 Å². The van der Waals surface area contributed by atoms with Crippen LogP contribution in [0.2, 0.25) is 5.02 Å². The maximum atomic E-state index is 6.13. The SMILES string of the molecule is COc1cc(N2CC(NC(C)C)C2)c(Cl)cn1. The highest BCUT2D eigenvalue weighted by atomic mass is 35.5.